The number of nitrogen functional groups attached to an aromatic ring is 1. The molecule has 3 nitrogen and oxygen atoms in total. The normalized spacial score (nSPS) is 14.6. The molecular formula is C13H15N3S. The van der Waals surface area contributed by atoms with Crippen LogP contribution in [-0.2, 0) is 13.5 Å². The Bertz CT molecular complexity index is 560. The van der Waals surface area contributed by atoms with E-state index in [1.165, 1.54) is 28.2 Å². The molecule has 17 heavy (non-hydrogen) atoms. The van der Waals surface area contributed by atoms with Gasteiger partial charge >= 0.3 is 0 Å². The average Bonchev–Trinajstić information content (AvgIpc) is 2.69. The predicted octanol–water partition coefficient (Wildman–Crippen LogP) is 2.71. The van der Waals surface area contributed by atoms with Gasteiger partial charge in [-0.2, -0.15) is 5.10 Å². The summed E-state index contributed by atoms with van der Waals surface area (Å²) >= 11 is 1.94. The summed E-state index contributed by atoms with van der Waals surface area (Å²) in [5, 5.41) is 4.23. The predicted molar refractivity (Wildman–Crippen MR) is 72.1 cm³/mol. The molecule has 88 valence electrons. The first kappa shape index (κ1) is 10.7. The second-order valence-electron chi connectivity index (χ2n) is 4.30. The quantitative estimate of drug-likeness (QED) is 0.840. The third-order valence-electron chi connectivity index (χ3n) is 3.24. The molecule has 3 rings (SSSR count). The summed E-state index contributed by atoms with van der Waals surface area (Å²) in [5.74, 6) is 1.97. The molecule has 4 heteroatoms. The van der Waals surface area contributed by atoms with E-state index in [4.69, 9.17) is 5.73 Å². The highest BCUT2D eigenvalue weighted by molar-refractivity contribution is 7.99. The van der Waals surface area contributed by atoms with Crippen LogP contribution in [0.3, 0.4) is 0 Å². The van der Waals surface area contributed by atoms with Crippen molar-refractivity contribution in [3.63, 3.8) is 0 Å². The molecule has 0 amide bonds. The molecule has 0 aliphatic carbocycles. The van der Waals surface area contributed by atoms with Gasteiger partial charge in [-0.05, 0) is 35.8 Å². The van der Waals surface area contributed by atoms with Crippen molar-refractivity contribution in [1.82, 2.24) is 9.78 Å². The summed E-state index contributed by atoms with van der Waals surface area (Å²) in [6.07, 6.45) is 4.26. The highest BCUT2D eigenvalue weighted by Gasteiger charge is 2.17. The van der Waals surface area contributed by atoms with Crippen molar-refractivity contribution in [2.75, 3.05) is 11.5 Å². The monoisotopic (exact) mass is 245 g/mol. The van der Waals surface area contributed by atoms with Crippen molar-refractivity contribution in [2.45, 2.75) is 17.7 Å². The zero-order valence-electron chi connectivity index (χ0n) is 9.81. The lowest BCUT2D eigenvalue weighted by molar-refractivity contribution is 0.779. The third kappa shape index (κ3) is 1.72. The number of aryl methyl sites for hydroxylation is 1. The minimum absolute atomic E-state index is 0.744. The van der Waals surface area contributed by atoms with Crippen molar-refractivity contribution in [2.24, 2.45) is 7.05 Å². The maximum atomic E-state index is 6.06. The number of nitrogens with zero attached hydrogens (tertiary/aromatic N) is 2. The van der Waals surface area contributed by atoms with Gasteiger partial charge in [-0.3, -0.25) is 4.68 Å². The van der Waals surface area contributed by atoms with Crippen LogP contribution in [0, 0.1) is 0 Å². The van der Waals surface area contributed by atoms with Crippen LogP contribution in [-0.4, -0.2) is 15.5 Å². The average molecular weight is 245 g/mol. The summed E-state index contributed by atoms with van der Waals surface area (Å²) in [4.78, 5) is 1.40. The number of fused-ring (bicyclic) bond motifs is 1. The molecule has 0 bridgehead atoms. The van der Waals surface area contributed by atoms with E-state index in [-0.39, 0.29) is 0 Å². The van der Waals surface area contributed by atoms with Crippen molar-refractivity contribution in [3.8, 4) is 11.1 Å². The number of aromatic nitrogens is 2. The molecule has 1 aliphatic heterocycles. The second kappa shape index (κ2) is 4.11. The van der Waals surface area contributed by atoms with Gasteiger partial charge in [-0.1, -0.05) is 12.1 Å². The zero-order chi connectivity index (χ0) is 11.8. The van der Waals surface area contributed by atoms with Gasteiger partial charge in [0.1, 0.15) is 5.82 Å². The SMILES string of the molecule is Cn1ncc(-c2cccc3c2CCCS3)c1N. The highest BCUT2D eigenvalue weighted by Crippen LogP contribution is 2.38. The summed E-state index contributed by atoms with van der Waals surface area (Å²) in [6, 6.07) is 6.46. The van der Waals surface area contributed by atoms with E-state index in [2.05, 4.69) is 23.3 Å². The molecule has 0 radical (unpaired) electrons. The van der Waals surface area contributed by atoms with Crippen molar-refractivity contribution < 1.29 is 0 Å². The van der Waals surface area contributed by atoms with Gasteiger partial charge in [0.2, 0.25) is 0 Å². The Labute approximate surface area is 105 Å². The van der Waals surface area contributed by atoms with Crippen molar-refractivity contribution in [1.29, 1.82) is 0 Å². The fraction of sp³-hybridized carbons (Fsp3) is 0.308. The van der Waals surface area contributed by atoms with Crippen LogP contribution in [0.5, 0.6) is 0 Å². The molecule has 2 N–H and O–H groups in total. The Hall–Kier alpha value is -1.42. The molecule has 0 fully saturated rings. The van der Waals surface area contributed by atoms with Gasteiger partial charge in [0, 0.05) is 17.5 Å². The smallest absolute Gasteiger partial charge is 0.129 e. The molecule has 0 spiro atoms. The Morgan fingerprint density at radius 1 is 1.35 bits per heavy atom. The first-order valence-electron chi connectivity index (χ1n) is 5.80. The first-order valence-corrected chi connectivity index (χ1v) is 6.78. The molecule has 0 atom stereocenters. The summed E-state index contributed by atoms with van der Waals surface area (Å²) < 4.78 is 1.73. The maximum absolute atomic E-state index is 6.06. The number of rotatable bonds is 1. The number of hydrogen-bond donors (Lipinski definition) is 1. The summed E-state index contributed by atoms with van der Waals surface area (Å²) in [7, 11) is 1.88. The van der Waals surface area contributed by atoms with Crippen molar-refractivity contribution >= 4 is 17.6 Å². The molecule has 1 aliphatic rings. The van der Waals surface area contributed by atoms with Crippen molar-refractivity contribution in [3.05, 3.63) is 30.0 Å². The van der Waals surface area contributed by atoms with Gasteiger partial charge in [-0.25, -0.2) is 0 Å². The van der Waals surface area contributed by atoms with E-state index in [1.807, 2.05) is 25.0 Å². The number of anilines is 1. The lowest BCUT2D eigenvalue weighted by Crippen LogP contribution is -2.02. The van der Waals surface area contributed by atoms with Crippen LogP contribution in [0.25, 0.3) is 11.1 Å². The molecule has 0 saturated heterocycles. The largest absolute Gasteiger partial charge is 0.383 e. The number of thioether (sulfide) groups is 1. The molecule has 2 aromatic rings. The van der Waals surface area contributed by atoms with Crippen LogP contribution in [0.15, 0.2) is 29.3 Å². The Morgan fingerprint density at radius 3 is 3.00 bits per heavy atom. The van der Waals surface area contributed by atoms with Gasteiger partial charge in [0.15, 0.2) is 0 Å². The van der Waals surface area contributed by atoms with Crippen LogP contribution < -0.4 is 5.73 Å². The summed E-state index contributed by atoms with van der Waals surface area (Å²) in [6.45, 7) is 0. The standard InChI is InChI=1S/C13H15N3S/c1-16-13(14)11(8-15-16)9-4-2-6-12-10(9)5-3-7-17-12/h2,4,6,8H,3,5,7,14H2,1H3. The second-order valence-corrected chi connectivity index (χ2v) is 5.44. The van der Waals surface area contributed by atoms with E-state index in [0.717, 1.165) is 17.8 Å². The van der Waals surface area contributed by atoms with Crippen LogP contribution >= 0.6 is 11.8 Å². The van der Waals surface area contributed by atoms with Gasteiger partial charge in [0.25, 0.3) is 0 Å². The minimum Gasteiger partial charge on any atom is -0.383 e. The third-order valence-corrected chi connectivity index (χ3v) is 4.42. The number of benzene rings is 1. The molecular weight excluding hydrogens is 230 g/mol. The van der Waals surface area contributed by atoms with Crippen LogP contribution in [0.2, 0.25) is 0 Å². The Balaban J connectivity index is 2.18. The lowest BCUT2D eigenvalue weighted by atomic mass is 9.98. The number of hydrogen-bond acceptors (Lipinski definition) is 3. The molecule has 1 aromatic carbocycles. The van der Waals surface area contributed by atoms with E-state index in [0.29, 0.717) is 0 Å². The number of nitrogens with two attached hydrogens (primary N) is 1. The van der Waals surface area contributed by atoms with Gasteiger partial charge in [-0.15, -0.1) is 11.8 Å². The first-order chi connectivity index (χ1) is 8.27. The van der Waals surface area contributed by atoms with Gasteiger partial charge in [0.05, 0.1) is 6.20 Å². The van der Waals surface area contributed by atoms with Gasteiger partial charge < -0.3 is 5.73 Å². The van der Waals surface area contributed by atoms with Crippen LogP contribution in [0.1, 0.15) is 12.0 Å². The molecule has 2 heterocycles. The molecule has 0 unspecified atom stereocenters. The Kier molecular flexibility index (Phi) is 2.59. The van der Waals surface area contributed by atoms with Crippen LogP contribution in [0.4, 0.5) is 5.82 Å². The fourth-order valence-electron chi connectivity index (χ4n) is 2.30. The topological polar surface area (TPSA) is 43.8 Å². The highest BCUT2D eigenvalue weighted by atomic mass is 32.2. The lowest BCUT2D eigenvalue weighted by Gasteiger charge is -2.18. The Morgan fingerprint density at radius 2 is 2.24 bits per heavy atom. The molecule has 0 saturated carbocycles. The molecule has 1 aromatic heterocycles. The zero-order valence-corrected chi connectivity index (χ0v) is 10.6. The summed E-state index contributed by atoms with van der Waals surface area (Å²) in [5.41, 5.74) is 9.81. The van der Waals surface area contributed by atoms with E-state index >= 15 is 0 Å². The van der Waals surface area contributed by atoms with E-state index in [9.17, 15) is 0 Å². The minimum atomic E-state index is 0.744. The van der Waals surface area contributed by atoms with E-state index < -0.39 is 0 Å². The maximum Gasteiger partial charge on any atom is 0.129 e. The fourth-order valence-corrected chi connectivity index (χ4v) is 3.37. The van der Waals surface area contributed by atoms with E-state index in [1.54, 1.807) is 4.68 Å².